The second kappa shape index (κ2) is 3.80. The number of hydrogen-bond donors (Lipinski definition) is 1. The molecule has 0 aromatic heterocycles. The Morgan fingerprint density at radius 3 is 2.78 bits per heavy atom. The van der Waals surface area contributed by atoms with Crippen molar-refractivity contribution in [3.8, 4) is 0 Å². The maximum atomic E-state index is 13.7. The van der Waals surface area contributed by atoms with Crippen LogP contribution in [-0.4, -0.2) is 6.54 Å². The minimum Gasteiger partial charge on any atom is -0.309 e. The molecule has 0 spiro atoms. The third kappa shape index (κ3) is 1.70. The first-order chi connectivity index (χ1) is 8.78. The van der Waals surface area contributed by atoms with E-state index in [2.05, 4.69) is 11.4 Å². The van der Waals surface area contributed by atoms with Gasteiger partial charge in [-0.15, -0.1) is 0 Å². The molecule has 18 heavy (non-hydrogen) atoms. The van der Waals surface area contributed by atoms with Gasteiger partial charge < -0.3 is 5.32 Å². The average Bonchev–Trinajstić information content (AvgIpc) is 3.25. The van der Waals surface area contributed by atoms with Gasteiger partial charge >= 0.3 is 0 Å². The average molecular weight is 245 g/mol. The van der Waals surface area contributed by atoms with Crippen LogP contribution in [0.2, 0.25) is 0 Å². The summed E-state index contributed by atoms with van der Waals surface area (Å²) in [5.74, 6) is 0.985. The van der Waals surface area contributed by atoms with Gasteiger partial charge in [-0.05, 0) is 67.1 Å². The topological polar surface area (TPSA) is 12.0 Å². The number of nitrogens with one attached hydrogen (secondary N) is 1. The van der Waals surface area contributed by atoms with Crippen molar-refractivity contribution in [2.45, 2.75) is 44.6 Å². The highest BCUT2D eigenvalue weighted by Crippen LogP contribution is 2.61. The molecule has 1 aromatic rings. The van der Waals surface area contributed by atoms with E-state index in [1.807, 2.05) is 6.07 Å². The van der Waals surface area contributed by atoms with Crippen LogP contribution >= 0.6 is 0 Å². The second-order valence-electron chi connectivity index (χ2n) is 6.42. The van der Waals surface area contributed by atoms with Crippen molar-refractivity contribution < 1.29 is 4.39 Å². The molecule has 0 amide bonds. The van der Waals surface area contributed by atoms with Gasteiger partial charge in [0.2, 0.25) is 0 Å². The monoisotopic (exact) mass is 245 g/mol. The Balaban J connectivity index is 1.47. The van der Waals surface area contributed by atoms with Gasteiger partial charge in [0.1, 0.15) is 5.82 Å². The Morgan fingerprint density at radius 2 is 2.06 bits per heavy atom. The predicted octanol–water partition coefficient (Wildman–Crippen LogP) is 3.59. The van der Waals surface area contributed by atoms with Crippen molar-refractivity contribution in [2.75, 3.05) is 6.54 Å². The van der Waals surface area contributed by atoms with E-state index in [1.54, 1.807) is 6.07 Å². The van der Waals surface area contributed by atoms with Crippen LogP contribution in [0, 0.1) is 17.2 Å². The number of fused-ring (bicyclic) bond motifs is 1. The maximum absolute atomic E-state index is 13.7. The molecule has 0 heterocycles. The maximum Gasteiger partial charge on any atom is 0.126 e. The lowest BCUT2D eigenvalue weighted by Crippen LogP contribution is -2.28. The van der Waals surface area contributed by atoms with Crippen molar-refractivity contribution in [2.24, 2.45) is 11.3 Å². The van der Waals surface area contributed by atoms with Crippen LogP contribution in [0.25, 0.3) is 0 Å². The molecule has 2 fully saturated rings. The minimum atomic E-state index is -0.0138. The molecule has 1 aromatic carbocycles. The molecule has 96 valence electrons. The van der Waals surface area contributed by atoms with Gasteiger partial charge in [0.05, 0.1) is 0 Å². The molecule has 0 aliphatic heterocycles. The Kier molecular flexibility index (Phi) is 2.32. The molecule has 1 N–H and O–H groups in total. The first-order valence-electron chi connectivity index (χ1n) is 7.29. The lowest BCUT2D eigenvalue weighted by molar-refractivity contribution is 0.373. The number of halogens is 1. The molecular formula is C16H20FN. The van der Waals surface area contributed by atoms with Gasteiger partial charge in [0.15, 0.2) is 0 Å². The zero-order valence-corrected chi connectivity index (χ0v) is 10.7. The summed E-state index contributed by atoms with van der Waals surface area (Å²) in [7, 11) is 0. The molecule has 0 saturated heterocycles. The lowest BCUT2D eigenvalue weighted by Gasteiger charge is -2.20. The van der Waals surface area contributed by atoms with Crippen molar-refractivity contribution in [3.63, 3.8) is 0 Å². The first-order valence-corrected chi connectivity index (χ1v) is 7.29. The van der Waals surface area contributed by atoms with Gasteiger partial charge in [-0.2, -0.15) is 0 Å². The highest BCUT2D eigenvalue weighted by molar-refractivity contribution is 5.35. The fourth-order valence-corrected chi connectivity index (χ4v) is 3.73. The van der Waals surface area contributed by atoms with Gasteiger partial charge in [-0.25, -0.2) is 4.39 Å². The molecule has 0 radical (unpaired) electrons. The summed E-state index contributed by atoms with van der Waals surface area (Å²) >= 11 is 0. The molecule has 1 unspecified atom stereocenters. The SMILES string of the molecule is Fc1cccc2c1CCC2NCC1(C2CC2)CC1. The summed E-state index contributed by atoms with van der Waals surface area (Å²) in [6.45, 7) is 1.15. The summed E-state index contributed by atoms with van der Waals surface area (Å²) in [4.78, 5) is 0. The predicted molar refractivity (Wildman–Crippen MR) is 69.9 cm³/mol. The van der Waals surface area contributed by atoms with Gasteiger partial charge in [-0.1, -0.05) is 12.1 Å². The molecule has 3 aliphatic carbocycles. The first kappa shape index (κ1) is 11.0. The van der Waals surface area contributed by atoms with E-state index in [-0.39, 0.29) is 5.82 Å². The summed E-state index contributed by atoms with van der Waals surface area (Å²) in [6, 6.07) is 5.93. The Morgan fingerprint density at radius 1 is 1.22 bits per heavy atom. The fourth-order valence-electron chi connectivity index (χ4n) is 3.73. The summed E-state index contributed by atoms with van der Waals surface area (Å²) < 4.78 is 13.7. The Hall–Kier alpha value is -0.890. The minimum absolute atomic E-state index is 0.0138. The van der Waals surface area contributed by atoms with Crippen LogP contribution in [0.5, 0.6) is 0 Å². The van der Waals surface area contributed by atoms with Crippen molar-refractivity contribution in [1.29, 1.82) is 0 Å². The molecule has 3 aliphatic rings. The van der Waals surface area contributed by atoms with Crippen molar-refractivity contribution in [3.05, 3.63) is 35.1 Å². The van der Waals surface area contributed by atoms with Crippen molar-refractivity contribution in [1.82, 2.24) is 5.32 Å². The summed E-state index contributed by atoms with van der Waals surface area (Å²) in [5.41, 5.74) is 2.80. The van der Waals surface area contributed by atoms with E-state index in [0.717, 1.165) is 30.9 Å². The normalized spacial score (nSPS) is 28.2. The molecule has 4 rings (SSSR count). The highest BCUT2D eigenvalue weighted by Gasteiger charge is 2.53. The van der Waals surface area contributed by atoms with Crippen LogP contribution in [-0.2, 0) is 6.42 Å². The highest BCUT2D eigenvalue weighted by atomic mass is 19.1. The van der Waals surface area contributed by atoms with Crippen LogP contribution in [0.15, 0.2) is 18.2 Å². The van der Waals surface area contributed by atoms with E-state index in [1.165, 1.54) is 31.2 Å². The number of benzene rings is 1. The molecule has 1 nitrogen and oxygen atoms in total. The third-order valence-corrected chi connectivity index (χ3v) is 5.25. The van der Waals surface area contributed by atoms with Crippen LogP contribution < -0.4 is 5.32 Å². The smallest absolute Gasteiger partial charge is 0.126 e. The van der Waals surface area contributed by atoms with E-state index in [0.29, 0.717) is 11.5 Å². The number of rotatable bonds is 4. The van der Waals surface area contributed by atoms with Gasteiger partial charge in [0.25, 0.3) is 0 Å². The van der Waals surface area contributed by atoms with Crippen LogP contribution in [0.4, 0.5) is 4.39 Å². The van der Waals surface area contributed by atoms with Gasteiger partial charge in [-0.3, -0.25) is 0 Å². The fraction of sp³-hybridized carbons (Fsp3) is 0.625. The Labute approximate surface area is 108 Å². The standard InChI is InChI=1S/C16H20FN/c17-14-3-1-2-13-12(14)6-7-15(13)18-10-16(8-9-16)11-4-5-11/h1-3,11,15,18H,4-10H2. The van der Waals surface area contributed by atoms with E-state index >= 15 is 0 Å². The molecule has 0 bridgehead atoms. The van der Waals surface area contributed by atoms with Crippen LogP contribution in [0.1, 0.15) is 49.3 Å². The van der Waals surface area contributed by atoms with E-state index in [4.69, 9.17) is 0 Å². The largest absolute Gasteiger partial charge is 0.309 e. The molecule has 1 atom stereocenters. The lowest BCUT2D eigenvalue weighted by atomic mass is 9.99. The zero-order chi connectivity index (χ0) is 12.2. The zero-order valence-electron chi connectivity index (χ0n) is 10.7. The molecule has 2 saturated carbocycles. The molecule has 2 heteroatoms. The third-order valence-electron chi connectivity index (χ3n) is 5.25. The second-order valence-corrected chi connectivity index (χ2v) is 6.42. The van der Waals surface area contributed by atoms with Crippen molar-refractivity contribution >= 4 is 0 Å². The quantitative estimate of drug-likeness (QED) is 0.854. The summed E-state index contributed by atoms with van der Waals surface area (Å²) in [6.07, 6.45) is 7.67. The molecular weight excluding hydrogens is 225 g/mol. The van der Waals surface area contributed by atoms with E-state index < -0.39 is 0 Å². The summed E-state index contributed by atoms with van der Waals surface area (Å²) in [5, 5.41) is 3.72. The van der Waals surface area contributed by atoms with E-state index in [9.17, 15) is 4.39 Å². The number of hydrogen-bond acceptors (Lipinski definition) is 1. The van der Waals surface area contributed by atoms with Gasteiger partial charge in [0, 0.05) is 12.6 Å². The Bertz CT molecular complexity index is 474. The van der Waals surface area contributed by atoms with Crippen LogP contribution in [0.3, 0.4) is 0 Å².